The third kappa shape index (κ3) is 10.7. The van der Waals surface area contributed by atoms with Crippen LogP contribution in [0.2, 0.25) is 5.28 Å². The Hall–Kier alpha value is -7.19. The molecule has 0 radical (unpaired) electrons. The Bertz CT molecular complexity index is 2740. The van der Waals surface area contributed by atoms with Crippen molar-refractivity contribution in [2.24, 2.45) is 0 Å². The van der Waals surface area contributed by atoms with E-state index in [9.17, 15) is 9.59 Å². The number of H-pyrrole nitrogens is 1. The van der Waals surface area contributed by atoms with Crippen LogP contribution in [-0.2, 0) is 35.5 Å². The maximum Gasteiger partial charge on any atom is 0.488 e. The number of rotatable bonds is 9. The van der Waals surface area contributed by atoms with Crippen molar-refractivity contribution in [1.29, 1.82) is 5.26 Å². The molecule has 0 unspecified atom stereocenters. The van der Waals surface area contributed by atoms with Crippen LogP contribution in [0.1, 0.15) is 85.9 Å². The number of tetrazole rings is 1. The molecule has 0 saturated carbocycles. The highest BCUT2D eigenvalue weighted by molar-refractivity contribution is 6.59. The average molecular weight is 876 g/mol. The lowest BCUT2D eigenvalue weighted by Gasteiger charge is -2.18. The van der Waals surface area contributed by atoms with Crippen LogP contribution < -0.4 is 15.3 Å². The van der Waals surface area contributed by atoms with Crippen molar-refractivity contribution in [1.82, 2.24) is 40.6 Å². The Balaban J connectivity index is 0.000000177. The Morgan fingerprint density at radius 3 is 1.83 bits per heavy atom. The number of nitriles is 1. The monoisotopic (exact) mass is 875 g/mol. The molecule has 2 amide bonds. The summed E-state index contributed by atoms with van der Waals surface area (Å²) in [5.74, 6) is 3.12. The molecule has 64 heavy (non-hydrogen) atoms. The number of halogens is 1. The number of hydrogen-bond acceptors (Lipinski definition) is 12. The Kier molecular flexibility index (Phi) is 15.0. The predicted molar refractivity (Wildman–Crippen MR) is 246 cm³/mol. The third-order valence-corrected chi connectivity index (χ3v) is 10.7. The SMILES string of the molecule is C.CC(C)c1ccccc1-c1ncc2c(n1)N(Cc1ccc(-c3nn[nH]n3)cc1)C(=O)C2.CC(C)c1ccccc1B(O)O.N#Cc1ccc(CN2C(=O)Cc3cnc(Cl)nc32)cc1. The van der Waals surface area contributed by atoms with Crippen molar-refractivity contribution in [2.75, 3.05) is 9.80 Å². The molecule has 9 rings (SSSR count). The van der Waals surface area contributed by atoms with Gasteiger partial charge in [0.2, 0.25) is 22.9 Å². The number of hydrogen-bond donors (Lipinski definition) is 3. The molecule has 17 heteroatoms. The van der Waals surface area contributed by atoms with E-state index in [0.717, 1.165) is 38.9 Å². The summed E-state index contributed by atoms with van der Waals surface area (Å²) in [6, 6.07) is 32.5. The maximum absolute atomic E-state index is 12.7. The van der Waals surface area contributed by atoms with Gasteiger partial charge in [0.25, 0.3) is 0 Å². The van der Waals surface area contributed by atoms with Gasteiger partial charge in [0.05, 0.1) is 37.6 Å². The van der Waals surface area contributed by atoms with Gasteiger partial charge in [0, 0.05) is 34.6 Å². The summed E-state index contributed by atoms with van der Waals surface area (Å²) in [7, 11) is -1.36. The standard InChI is InChI=1S/C23H21N7O.C14H9ClN4O.C9H13BO2.CH4/c1-14(2)18-5-3-4-6-19(18)22-24-12-17-11-20(31)30(23(17)25-22)13-15-7-9-16(10-8-15)21-26-28-29-27-21;15-14-17-7-11-5-12(20)19(13(11)18-14)8-10-3-1-9(6-16)2-4-10;1-7(2)8-5-3-4-6-9(8)10(11)12;/h3-10,12,14H,11,13H2,1-2H3,(H,26,27,28,29);1-4,7H,5,8H2;3-7,11-12H,1-2H3;1H4. The van der Waals surface area contributed by atoms with Crippen LogP contribution in [0.15, 0.2) is 109 Å². The van der Waals surface area contributed by atoms with Gasteiger partial charge in [-0.15, -0.1) is 10.2 Å². The molecule has 0 fully saturated rings. The summed E-state index contributed by atoms with van der Waals surface area (Å²) in [6.45, 7) is 9.22. The molecule has 15 nitrogen and oxygen atoms in total. The number of benzene rings is 4. The first-order valence-corrected chi connectivity index (χ1v) is 20.6. The summed E-state index contributed by atoms with van der Waals surface area (Å²) >= 11 is 5.78. The van der Waals surface area contributed by atoms with Crippen LogP contribution in [0.25, 0.3) is 22.8 Å². The van der Waals surface area contributed by atoms with Crippen LogP contribution >= 0.6 is 11.6 Å². The molecule has 5 heterocycles. The van der Waals surface area contributed by atoms with Crippen molar-refractivity contribution >= 4 is 47.6 Å². The van der Waals surface area contributed by atoms with E-state index in [1.165, 1.54) is 5.56 Å². The summed E-state index contributed by atoms with van der Waals surface area (Å²) in [5.41, 5.74) is 8.82. The molecular weight excluding hydrogens is 829 g/mol. The lowest BCUT2D eigenvalue weighted by Crippen LogP contribution is -2.33. The Morgan fingerprint density at radius 1 is 0.734 bits per heavy atom. The quantitative estimate of drug-likeness (QED) is 0.102. The van der Waals surface area contributed by atoms with Crippen molar-refractivity contribution in [3.05, 3.63) is 154 Å². The lowest BCUT2D eigenvalue weighted by molar-refractivity contribution is -0.118. The van der Waals surface area contributed by atoms with Gasteiger partial charge >= 0.3 is 7.12 Å². The highest BCUT2D eigenvalue weighted by Gasteiger charge is 2.31. The van der Waals surface area contributed by atoms with E-state index in [1.807, 2.05) is 80.6 Å². The fourth-order valence-corrected chi connectivity index (χ4v) is 7.40. The van der Waals surface area contributed by atoms with Crippen molar-refractivity contribution < 1.29 is 19.6 Å². The number of amides is 2. The number of anilines is 2. The van der Waals surface area contributed by atoms with Gasteiger partial charge in [-0.25, -0.2) is 15.0 Å². The average Bonchev–Trinajstić information content (AvgIpc) is 4.02. The minimum atomic E-state index is -1.36. The topological polar surface area (TPSA) is 211 Å². The highest BCUT2D eigenvalue weighted by Crippen LogP contribution is 2.33. The van der Waals surface area contributed by atoms with Crippen molar-refractivity contribution in [2.45, 2.75) is 72.9 Å². The second-order valence-electron chi connectivity index (χ2n) is 15.5. The highest BCUT2D eigenvalue weighted by atomic mass is 35.5. The summed E-state index contributed by atoms with van der Waals surface area (Å²) in [4.78, 5) is 45.5. The van der Waals surface area contributed by atoms with Gasteiger partial charge in [-0.1, -0.05) is 120 Å². The number of carbonyl (C=O) groups is 2. The Morgan fingerprint density at radius 2 is 1.28 bits per heavy atom. The second-order valence-corrected chi connectivity index (χ2v) is 15.8. The van der Waals surface area contributed by atoms with Crippen LogP contribution in [-0.4, -0.2) is 69.5 Å². The van der Waals surface area contributed by atoms with Gasteiger partial charge in [0.15, 0.2) is 5.82 Å². The van der Waals surface area contributed by atoms with E-state index >= 15 is 0 Å². The molecule has 0 spiro atoms. The molecule has 3 N–H and O–H groups in total. The van der Waals surface area contributed by atoms with E-state index in [0.29, 0.717) is 72.1 Å². The summed E-state index contributed by atoms with van der Waals surface area (Å²) in [5, 5.41) is 40.9. The van der Waals surface area contributed by atoms with Crippen LogP contribution in [0, 0.1) is 11.3 Å². The normalized spacial score (nSPS) is 12.4. The maximum atomic E-state index is 12.7. The Labute approximate surface area is 377 Å². The zero-order valence-corrected chi connectivity index (χ0v) is 35.8. The molecule has 2 aliphatic rings. The summed E-state index contributed by atoms with van der Waals surface area (Å²) in [6.07, 6.45) is 3.98. The minimum Gasteiger partial charge on any atom is -0.423 e. The van der Waals surface area contributed by atoms with Gasteiger partial charge < -0.3 is 10.0 Å². The minimum absolute atomic E-state index is 0. The molecule has 0 bridgehead atoms. The van der Waals surface area contributed by atoms with Crippen molar-refractivity contribution in [3.63, 3.8) is 0 Å². The molecule has 324 valence electrons. The smallest absolute Gasteiger partial charge is 0.423 e. The zero-order chi connectivity index (χ0) is 44.6. The number of nitrogens with zero attached hydrogens (tertiary/aromatic N) is 10. The van der Waals surface area contributed by atoms with E-state index in [1.54, 1.807) is 46.5 Å². The molecule has 4 aromatic carbocycles. The molecule has 0 aliphatic carbocycles. The molecule has 7 aromatic rings. The molecule has 0 saturated heterocycles. The molecule has 0 atom stereocenters. The molecular formula is C47H47BClN11O4. The summed E-state index contributed by atoms with van der Waals surface area (Å²) < 4.78 is 0. The number of fused-ring (bicyclic) bond motifs is 2. The first kappa shape index (κ1) is 46.3. The number of nitrogens with one attached hydrogen (secondary N) is 1. The van der Waals surface area contributed by atoms with Gasteiger partial charge in [-0.2, -0.15) is 15.5 Å². The van der Waals surface area contributed by atoms with E-state index in [-0.39, 0.29) is 24.5 Å². The van der Waals surface area contributed by atoms with Crippen LogP contribution in [0.5, 0.6) is 0 Å². The number of carbonyl (C=O) groups excluding carboxylic acids is 2. The number of aromatic nitrogens is 8. The lowest BCUT2D eigenvalue weighted by atomic mass is 9.74. The fraction of sp³-hybridized carbons (Fsp3) is 0.234. The predicted octanol–water partition coefficient (Wildman–Crippen LogP) is 6.75. The number of aromatic amines is 1. The van der Waals surface area contributed by atoms with Crippen LogP contribution in [0.4, 0.5) is 11.6 Å². The first-order valence-electron chi connectivity index (χ1n) is 20.2. The van der Waals surface area contributed by atoms with Crippen molar-refractivity contribution in [3.8, 4) is 28.8 Å². The van der Waals surface area contributed by atoms with Gasteiger partial charge in [-0.3, -0.25) is 19.4 Å². The third-order valence-electron chi connectivity index (χ3n) is 10.5. The molecule has 2 aliphatic heterocycles. The van der Waals surface area contributed by atoms with E-state index in [4.69, 9.17) is 31.9 Å². The van der Waals surface area contributed by atoms with Gasteiger partial charge in [-0.05, 0) is 68.5 Å². The van der Waals surface area contributed by atoms with Crippen LogP contribution in [0.3, 0.4) is 0 Å². The second kappa shape index (κ2) is 20.8. The van der Waals surface area contributed by atoms with E-state index < -0.39 is 7.12 Å². The first-order chi connectivity index (χ1) is 30.4. The van der Waals surface area contributed by atoms with Gasteiger partial charge in [0.1, 0.15) is 11.6 Å². The molecule has 3 aromatic heterocycles. The largest absolute Gasteiger partial charge is 0.488 e. The zero-order valence-electron chi connectivity index (χ0n) is 35.0. The fourth-order valence-electron chi connectivity index (χ4n) is 7.27. The van der Waals surface area contributed by atoms with E-state index in [2.05, 4.69) is 61.6 Å².